The van der Waals surface area contributed by atoms with Crippen LogP contribution in [-0.2, 0) is 4.65 Å². The molecule has 2 aliphatic rings. The van der Waals surface area contributed by atoms with Crippen LogP contribution in [0, 0.1) is 0 Å². The lowest BCUT2D eigenvalue weighted by atomic mass is 9.83. The van der Waals surface area contributed by atoms with E-state index in [0.29, 0.717) is 12.1 Å². The third-order valence-corrected chi connectivity index (χ3v) is 2.90. The van der Waals surface area contributed by atoms with Gasteiger partial charge in [-0.2, -0.15) is 0 Å². The number of imidazole rings is 1. The molecule has 1 aliphatic carbocycles. The first-order valence-electron chi connectivity index (χ1n) is 4.84. The lowest BCUT2D eigenvalue weighted by Gasteiger charge is -2.05. The van der Waals surface area contributed by atoms with Gasteiger partial charge in [-0.3, -0.25) is 0 Å². The predicted octanol–water partition coefficient (Wildman–Crippen LogP) is -0.354. The quantitative estimate of drug-likeness (QED) is 0.576. The van der Waals surface area contributed by atoms with Gasteiger partial charge >= 0.3 is 7.05 Å². The van der Waals surface area contributed by atoms with Crippen molar-refractivity contribution in [3.8, 4) is 0 Å². The standard InChI is InChI=1S/C8H12BN3O/c1-2-6-7(3-1)13-9(12-6)8-10-4-5-11-8/h4-7,12H,1-3H2,(H,10,11)/t6-,7+/m0/s1. The van der Waals surface area contributed by atoms with Gasteiger partial charge in [0.25, 0.3) is 0 Å². The van der Waals surface area contributed by atoms with E-state index in [4.69, 9.17) is 4.65 Å². The molecular formula is C8H12BN3O. The molecule has 0 spiro atoms. The second kappa shape index (κ2) is 2.85. The summed E-state index contributed by atoms with van der Waals surface area (Å²) in [4.78, 5) is 7.25. The topological polar surface area (TPSA) is 49.9 Å². The highest BCUT2D eigenvalue weighted by molar-refractivity contribution is 6.63. The number of fused-ring (bicyclic) bond motifs is 1. The number of nitrogens with one attached hydrogen (secondary N) is 2. The van der Waals surface area contributed by atoms with E-state index in [1.54, 1.807) is 6.20 Å². The number of rotatable bonds is 1. The highest BCUT2D eigenvalue weighted by Gasteiger charge is 2.42. The fourth-order valence-electron chi connectivity index (χ4n) is 2.25. The lowest BCUT2D eigenvalue weighted by molar-refractivity contribution is 0.232. The van der Waals surface area contributed by atoms with E-state index in [2.05, 4.69) is 15.2 Å². The van der Waals surface area contributed by atoms with Gasteiger partial charge in [-0.15, -0.1) is 0 Å². The first-order valence-corrected chi connectivity index (χ1v) is 4.84. The smallest absolute Gasteiger partial charge is 0.411 e. The van der Waals surface area contributed by atoms with Crippen molar-refractivity contribution in [2.45, 2.75) is 31.4 Å². The molecule has 1 saturated carbocycles. The molecule has 0 amide bonds. The molecule has 1 aliphatic heterocycles. The number of H-pyrrole nitrogens is 1. The maximum absolute atomic E-state index is 5.82. The molecule has 13 heavy (non-hydrogen) atoms. The average Bonchev–Trinajstić information content (AvgIpc) is 2.78. The van der Waals surface area contributed by atoms with Crippen molar-refractivity contribution in [2.24, 2.45) is 0 Å². The van der Waals surface area contributed by atoms with Crippen molar-refractivity contribution in [3.63, 3.8) is 0 Å². The molecule has 2 atom stereocenters. The number of hydrogen-bond acceptors (Lipinski definition) is 3. The molecule has 0 bridgehead atoms. The summed E-state index contributed by atoms with van der Waals surface area (Å²) in [5.74, 6) is 0. The minimum absolute atomic E-state index is 0.00898. The second-order valence-corrected chi connectivity index (χ2v) is 3.73. The van der Waals surface area contributed by atoms with E-state index in [-0.39, 0.29) is 7.05 Å². The van der Waals surface area contributed by atoms with Crippen molar-refractivity contribution in [2.75, 3.05) is 0 Å². The van der Waals surface area contributed by atoms with Crippen LogP contribution in [0.1, 0.15) is 19.3 Å². The summed E-state index contributed by atoms with van der Waals surface area (Å²) in [5.41, 5.74) is 0.898. The van der Waals surface area contributed by atoms with Crippen LogP contribution in [0.25, 0.3) is 0 Å². The number of nitrogens with zero attached hydrogens (tertiary/aromatic N) is 1. The van der Waals surface area contributed by atoms with Gasteiger partial charge in [-0.05, 0) is 19.3 Å². The summed E-state index contributed by atoms with van der Waals surface area (Å²) in [7, 11) is -0.00898. The Bertz CT molecular complexity index is 278. The Morgan fingerprint density at radius 3 is 3.31 bits per heavy atom. The summed E-state index contributed by atoms with van der Waals surface area (Å²) in [6.07, 6.45) is 7.71. The lowest BCUT2D eigenvalue weighted by Crippen LogP contribution is -2.46. The highest BCUT2D eigenvalue weighted by Crippen LogP contribution is 2.26. The molecule has 0 aromatic carbocycles. The van der Waals surface area contributed by atoms with Crippen molar-refractivity contribution in [3.05, 3.63) is 12.4 Å². The molecule has 68 valence electrons. The van der Waals surface area contributed by atoms with Gasteiger partial charge in [0.2, 0.25) is 0 Å². The largest absolute Gasteiger partial charge is 0.454 e. The van der Waals surface area contributed by atoms with Crippen molar-refractivity contribution in [1.82, 2.24) is 15.2 Å². The van der Waals surface area contributed by atoms with Crippen molar-refractivity contribution in [1.29, 1.82) is 0 Å². The zero-order valence-corrected chi connectivity index (χ0v) is 7.36. The SMILES string of the molecule is c1c[nH]c(B2N[C@H]3CCC[C@H]3O2)n1. The third-order valence-electron chi connectivity index (χ3n) is 2.90. The van der Waals surface area contributed by atoms with Gasteiger partial charge in [0.1, 0.15) is 5.72 Å². The zero-order valence-electron chi connectivity index (χ0n) is 7.36. The Balaban J connectivity index is 1.76. The summed E-state index contributed by atoms with van der Waals surface area (Å²) >= 11 is 0. The normalized spacial score (nSPS) is 32.5. The Labute approximate surface area is 77.2 Å². The Kier molecular flexibility index (Phi) is 1.66. The second-order valence-electron chi connectivity index (χ2n) is 3.73. The molecule has 1 aromatic rings. The highest BCUT2D eigenvalue weighted by atomic mass is 16.5. The first kappa shape index (κ1) is 7.59. The van der Waals surface area contributed by atoms with E-state index in [9.17, 15) is 0 Å². The molecule has 2 heterocycles. The molecule has 2 fully saturated rings. The van der Waals surface area contributed by atoms with E-state index in [1.807, 2.05) is 6.20 Å². The van der Waals surface area contributed by atoms with Gasteiger partial charge in [0, 0.05) is 18.4 Å². The molecule has 3 rings (SSSR count). The minimum atomic E-state index is -0.00898. The van der Waals surface area contributed by atoms with E-state index in [1.165, 1.54) is 19.3 Å². The summed E-state index contributed by atoms with van der Waals surface area (Å²) in [5, 5.41) is 3.44. The van der Waals surface area contributed by atoms with E-state index in [0.717, 1.165) is 5.72 Å². The van der Waals surface area contributed by atoms with Crippen LogP contribution in [0.5, 0.6) is 0 Å². The first-order chi connectivity index (χ1) is 6.43. The number of hydrogen-bond donors (Lipinski definition) is 2. The molecule has 2 N–H and O–H groups in total. The molecular weight excluding hydrogens is 165 g/mol. The predicted molar refractivity (Wildman–Crippen MR) is 49.6 cm³/mol. The van der Waals surface area contributed by atoms with Crippen molar-refractivity contribution < 1.29 is 4.65 Å². The fraction of sp³-hybridized carbons (Fsp3) is 0.625. The molecule has 0 radical (unpaired) electrons. The maximum Gasteiger partial charge on any atom is 0.454 e. The van der Waals surface area contributed by atoms with Crippen LogP contribution in [0.15, 0.2) is 12.4 Å². The van der Waals surface area contributed by atoms with Crippen LogP contribution < -0.4 is 11.0 Å². The average molecular weight is 177 g/mol. The molecule has 1 saturated heterocycles. The van der Waals surface area contributed by atoms with Gasteiger partial charge in [0.15, 0.2) is 0 Å². The van der Waals surface area contributed by atoms with Gasteiger partial charge < -0.3 is 14.9 Å². The maximum atomic E-state index is 5.82. The molecule has 5 heteroatoms. The van der Waals surface area contributed by atoms with Gasteiger partial charge in [0.05, 0.1) is 6.10 Å². The number of aromatic amines is 1. The van der Waals surface area contributed by atoms with E-state index >= 15 is 0 Å². The van der Waals surface area contributed by atoms with Crippen LogP contribution in [0.2, 0.25) is 0 Å². The van der Waals surface area contributed by atoms with Crippen LogP contribution in [-0.4, -0.2) is 29.2 Å². The molecule has 0 unspecified atom stereocenters. The fourth-order valence-corrected chi connectivity index (χ4v) is 2.25. The molecule has 1 aromatic heterocycles. The van der Waals surface area contributed by atoms with Crippen LogP contribution in [0.3, 0.4) is 0 Å². The zero-order chi connectivity index (χ0) is 8.67. The summed E-state index contributed by atoms with van der Waals surface area (Å²) in [6, 6.07) is 0.551. The van der Waals surface area contributed by atoms with Crippen LogP contribution in [0.4, 0.5) is 0 Å². The molecule has 4 nitrogen and oxygen atoms in total. The Hall–Kier alpha value is -0.805. The van der Waals surface area contributed by atoms with Gasteiger partial charge in [-0.25, -0.2) is 4.98 Å². The Morgan fingerprint density at radius 1 is 1.54 bits per heavy atom. The summed E-state index contributed by atoms with van der Waals surface area (Å²) < 4.78 is 5.82. The van der Waals surface area contributed by atoms with Crippen molar-refractivity contribution >= 4 is 12.8 Å². The van der Waals surface area contributed by atoms with E-state index < -0.39 is 0 Å². The number of aromatic nitrogens is 2. The monoisotopic (exact) mass is 177 g/mol. The van der Waals surface area contributed by atoms with Gasteiger partial charge in [-0.1, -0.05) is 0 Å². The van der Waals surface area contributed by atoms with Crippen LogP contribution >= 0.6 is 0 Å². The summed E-state index contributed by atoms with van der Waals surface area (Å²) in [6.45, 7) is 0. The Morgan fingerprint density at radius 2 is 2.54 bits per heavy atom. The minimum Gasteiger partial charge on any atom is -0.411 e. The third kappa shape index (κ3) is 1.19.